The predicted octanol–water partition coefficient (Wildman–Crippen LogP) is 3.39. The van der Waals surface area contributed by atoms with E-state index in [1.54, 1.807) is 0 Å². The second-order valence-electron chi connectivity index (χ2n) is 4.37. The van der Waals surface area contributed by atoms with Crippen LogP contribution in [-0.2, 0) is 11.2 Å². The average Bonchev–Trinajstić information content (AvgIpc) is 2.29. The van der Waals surface area contributed by atoms with Gasteiger partial charge in [-0.1, -0.05) is 47.8 Å². The third-order valence-corrected chi connectivity index (χ3v) is 3.36. The first-order chi connectivity index (χ1) is 7.98. The lowest BCUT2D eigenvalue weighted by Gasteiger charge is -2.24. The molecular formula is C13H19BrClNO2. The summed E-state index contributed by atoms with van der Waals surface area (Å²) in [6.07, 6.45) is 2.66. The van der Waals surface area contributed by atoms with Gasteiger partial charge in [0, 0.05) is 10.9 Å². The first-order valence-electron chi connectivity index (χ1n) is 5.74. The number of rotatable bonds is 6. The Morgan fingerprint density at radius 3 is 2.39 bits per heavy atom. The molecule has 0 saturated heterocycles. The van der Waals surface area contributed by atoms with Crippen LogP contribution in [0.4, 0.5) is 0 Å². The van der Waals surface area contributed by atoms with Gasteiger partial charge in [-0.15, -0.1) is 12.4 Å². The number of hydrogen-bond donors (Lipinski definition) is 2. The van der Waals surface area contributed by atoms with Gasteiger partial charge in [0.1, 0.15) is 5.54 Å². The molecule has 0 fully saturated rings. The molecule has 0 spiro atoms. The highest BCUT2D eigenvalue weighted by Crippen LogP contribution is 2.20. The summed E-state index contributed by atoms with van der Waals surface area (Å²) in [5, 5.41) is 9.24. The Balaban J connectivity index is 0.00000289. The maximum absolute atomic E-state index is 11.3. The Morgan fingerprint density at radius 2 is 1.94 bits per heavy atom. The van der Waals surface area contributed by atoms with Crippen LogP contribution >= 0.6 is 28.3 Å². The second-order valence-corrected chi connectivity index (χ2v) is 5.28. The lowest BCUT2D eigenvalue weighted by Crippen LogP contribution is -2.49. The van der Waals surface area contributed by atoms with Crippen molar-refractivity contribution in [3.8, 4) is 0 Å². The van der Waals surface area contributed by atoms with Gasteiger partial charge >= 0.3 is 5.97 Å². The summed E-state index contributed by atoms with van der Waals surface area (Å²) in [4.78, 5) is 11.3. The van der Waals surface area contributed by atoms with E-state index in [0.29, 0.717) is 12.8 Å². The van der Waals surface area contributed by atoms with Crippen molar-refractivity contribution in [1.29, 1.82) is 0 Å². The molecule has 0 bridgehead atoms. The van der Waals surface area contributed by atoms with Crippen LogP contribution in [0.2, 0.25) is 0 Å². The number of halogens is 2. The van der Waals surface area contributed by atoms with Crippen LogP contribution in [0.15, 0.2) is 28.7 Å². The second kappa shape index (κ2) is 7.77. The SMILES string of the molecule is CCCC[C@](N)(Cc1ccc(Br)cc1)C(=O)O.Cl. The lowest BCUT2D eigenvalue weighted by molar-refractivity contribution is -0.143. The standard InChI is InChI=1S/C13H18BrNO2.ClH/c1-2-3-8-13(15,12(16)17)9-10-4-6-11(14)7-5-10;/h4-7H,2-3,8-9,15H2,1H3,(H,16,17);1H/t13-;/m0./s1. The quantitative estimate of drug-likeness (QED) is 0.837. The summed E-state index contributed by atoms with van der Waals surface area (Å²) < 4.78 is 0.979. The Morgan fingerprint density at radius 1 is 1.39 bits per heavy atom. The number of carboxylic acids is 1. The summed E-state index contributed by atoms with van der Waals surface area (Å²) in [6.45, 7) is 2.03. The van der Waals surface area contributed by atoms with Gasteiger partial charge in [0.2, 0.25) is 0 Å². The maximum atomic E-state index is 11.3. The molecule has 3 N–H and O–H groups in total. The van der Waals surface area contributed by atoms with Crippen LogP contribution in [0.5, 0.6) is 0 Å². The predicted molar refractivity (Wildman–Crippen MR) is 79.2 cm³/mol. The number of aliphatic carboxylic acids is 1. The van der Waals surface area contributed by atoms with Crippen LogP contribution in [0.3, 0.4) is 0 Å². The molecule has 0 amide bonds. The highest BCUT2D eigenvalue weighted by molar-refractivity contribution is 9.10. The van der Waals surface area contributed by atoms with Crippen LogP contribution in [-0.4, -0.2) is 16.6 Å². The molecule has 0 saturated carbocycles. The molecule has 0 heterocycles. The van der Waals surface area contributed by atoms with Gasteiger partial charge in [-0.2, -0.15) is 0 Å². The number of carbonyl (C=O) groups is 1. The Labute approximate surface area is 122 Å². The van der Waals surface area contributed by atoms with Crippen LogP contribution in [0.25, 0.3) is 0 Å². The van der Waals surface area contributed by atoms with E-state index in [1.807, 2.05) is 31.2 Å². The molecule has 5 heteroatoms. The van der Waals surface area contributed by atoms with E-state index in [0.717, 1.165) is 22.9 Å². The molecule has 102 valence electrons. The van der Waals surface area contributed by atoms with Crippen molar-refractivity contribution in [3.63, 3.8) is 0 Å². The van der Waals surface area contributed by atoms with Gasteiger partial charge in [0.15, 0.2) is 0 Å². The van der Waals surface area contributed by atoms with Gasteiger partial charge in [-0.05, 0) is 24.1 Å². The van der Waals surface area contributed by atoms with Gasteiger partial charge in [-0.3, -0.25) is 4.79 Å². The van der Waals surface area contributed by atoms with Gasteiger partial charge in [0.05, 0.1) is 0 Å². The molecular weight excluding hydrogens is 318 g/mol. The van der Waals surface area contributed by atoms with Crippen molar-refractivity contribution in [1.82, 2.24) is 0 Å². The van der Waals surface area contributed by atoms with E-state index < -0.39 is 11.5 Å². The molecule has 1 aromatic rings. The number of unbranched alkanes of at least 4 members (excludes halogenated alkanes) is 1. The highest BCUT2D eigenvalue weighted by Gasteiger charge is 2.33. The fourth-order valence-corrected chi connectivity index (χ4v) is 1.99. The topological polar surface area (TPSA) is 63.3 Å². The Bertz CT molecular complexity index is 383. The minimum Gasteiger partial charge on any atom is -0.480 e. The number of hydrogen-bond acceptors (Lipinski definition) is 2. The normalized spacial score (nSPS) is 13.5. The molecule has 3 nitrogen and oxygen atoms in total. The molecule has 0 aliphatic rings. The van der Waals surface area contributed by atoms with Crippen molar-refractivity contribution in [2.75, 3.05) is 0 Å². The third-order valence-electron chi connectivity index (χ3n) is 2.84. The number of carboxylic acid groups (broad SMARTS) is 1. The molecule has 18 heavy (non-hydrogen) atoms. The van der Waals surface area contributed by atoms with Gasteiger partial charge in [0.25, 0.3) is 0 Å². The van der Waals surface area contributed by atoms with Crippen molar-refractivity contribution < 1.29 is 9.90 Å². The lowest BCUT2D eigenvalue weighted by atomic mass is 9.87. The minimum absolute atomic E-state index is 0. The van der Waals surface area contributed by atoms with E-state index in [1.165, 1.54) is 0 Å². The zero-order valence-electron chi connectivity index (χ0n) is 10.4. The number of benzene rings is 1. The molecule has 0 aliphatic heterocycles. The average molecular weight is 337 g/mol. The van der Waals surface area contributed by atoms with Crippen LogP contribution < -0.4 is 5.73 Å². The van der Waals surface area contributed by atoms with Crippen molar-refractivity contribution >= 4 is 34.3 Å². The molecule has 1 rings (SSSR count). The molecule has 0 aliphatic carbocycles. The molecule has 0 unspecified atom stereocenters. The largest absolute Gasteiger partial charge is 0.480 e. The zero-order chi connectivity index (χ0) is 12.9. The summed E-state index contributed by atoms with van der Waals surface area (Å²) >= 11 is 3.35. The maximum Gasteiger partial charge on any atom is 0.324 e. The van der Waals surface area contributed by atoms with E-state index in [2.05, 4.69) is 15.9 Å². The van der Waals surface area contributed by atoms with E-state index in [9.17, 15) is 9.90 Å². The monoisotopic (exact) mass is 335 g/mol. The Hall–Kier alpha value is -0.580. The first kappa shape index (κ1) is 17.4. The van der Waals surface area contributed by atoms with Gasteiger partial charge in [-0.25, -0.2) is 0 Å². The summed E-state index contributed by atoms with van der Waals surface area (Å²) in [5.41, 5.74) is 5.79. The van der Waals surface area contributed by atoms with Crippen molar-refractivity contribution in [3.05, 3.63) is 34.3 Å². The number of nitrogens with two attached hydrogens (primary N) is 1. The minimum atomic E-state index is -1.15. The summed E-state index contributed by atoms with van der Waals surface area (Å²) in [7, 11) is 0. The van der Waals surface area contributed by atoms with Crippen LogP contribution in [0.1, 0.15) is 31.7 Å². The summed E-state index contributed by atoms with van der Waals surface area (Å²) in [5.74, 6) is -0.922. The van der Waals surface area contributed by atoms with Crippen LogP contribution in [0, 0.1) is 0 Å². The van der Waals surface area contributed by atoms with Crippen molar-refractivity contribution in [2.24, 2.45) is 5.73 Å². The molecule has 0 radical (unpaired) electrons. The summed E-state index contributed by atoms with van der Waals surface area (Å²) in [6, 6.07) is 7.61. The van der Waals surface area contributed by atoms with E-state index >= 15 is 0 Å². The smallest absolute Gasteiger partial charge is 0.324 e. The van der Waals surface area contributed by atoms with E-state index in [4.69, 9.17) is 5.73 Å². The molecule has 0 aromatic heterocycles. The fourth-order valence-electron chi connectivity index (χ4n) is 1.73. The third kappa shape index (κ3) is 4.96. The van der Waals surface area contributed by atoms with Crippen molar-refractivity contribution in [2.45, 2.75) is 38.1 Å². The van der Waals surface area contributed by atoms with Gasteiger partial charge < -0.3 is 10.8 Å². The Kier molecular flexibility index (Phi) is 7.52. The molecule has 1 aromatic carbocycles. The highest BCUT2D eigenvalue weighted by atomic mass is 79.9. The first-order valence-corrected chi connectivity index (χ1v) is 6.54. The van der Waals surface area contributed by atoms with E-state index in [-0.39, 0.29) is 12.4 Å². The fraction of sp³-hybridized carbons (Fsp3) is 0.462. The molecule has 1 atom stereocenters. The zero-order valence-corrected chi connectivity index (χ0v) is 12.8.